The van der Waals surface area contributed by atoms with E-state index in [4.69, 9.17) is 10.2 Å². The predicted molar refractivity (Wildman–Crippen MR) is 54.7 cm³/mol. The summed E-state index contributed by atoms with van der Waals surface area (Å²) >= 11 is 0. The zero-order valence-corrected chi connectivity index (χ0v) is 8.87. The van der Waals surface area contributed by atoms with Crippen LogP contribution in [0.25, 0.3) is 0 Å². The fourth-order valence-corrected chi connectivity index (χ4v) is 1.30. The summed E-state index contributed by atoms with van der Waals surface area (Å²) in [5.41, 5.74) is 0. The predicted octanol–water partition coefficient (Wildman–Crippen LogP) is 0.852. The molecule has 1 atom stereocenters. The van der Waals surface area contributed by atoms with Crippen LogP contribution in [0.5, 0.6) is 0 Å². The Bertz CT molecular complexity index is 101. The van der Waals surface area contributed by atoms with E-state index in [9.17, 15) is 0 Å². The fourth-order valence-electron chi connectivity index (χ4n) is 1.30. The van der Waals surface area contributed by atoms with Crippen molar-refractivity contribution in [1.29, 1.82) is 0 Å². The van der Waals surface area contributed by atoms with Crippen LogP contribution in [0.4, 0.5) is 0 Å². The third-order valence-corrected chi connectivity index (χ3v) is 2.29. The van der Waals surface area contributed by atoms with Gasteiger partial charge in [0.1, 0.15) is 0 Å². The molecule has 0 aliphatic heterocycles. The van der Waals surface area contributed by atoms with E-state index < -0.39 is 0 Å². The third kappa shape index (κ3) is 6.02. The van der Waals surface area contributed by atoms with E-state index in [-0.39, 0.29) is 19.3 Å². The molecule has 3 heteroatoms. The van der Waals surface area contributed by atoms with Crippen LogP contribution in [-0.4, -0.2) is 47.5 Å². The minimum Gasteiger partial charge on any atom is -0.396 e. The first-order valence-corrected chi connectivity index (χ1v) is 5.22. The molecule has 3 nitrogen and oxygen atoms in total. The molecule has 0 spiro atoms. The average molecular weight is 189 g/mol. The first-order chi connectivity index (χ1) is 6.26. The lowest BCUT2D eigenvalue weighted by Gasteiger charge is -2.27. The molecule has 0 radical (unpaired) electrons. The van der Waals surface area contributed by atoms with Gasteiger partial charge in [-0.15, -0.1) is 0 Å². The molecule has 80 valence electrons. The molecule has 0 aromatic carbocycles. The quantitative estimate of drug-likeness (QED) is 0.595. The van der Waals surface area contributed by atoms with Gasteiger partial charge in [-0.2, -0.15) is 0 Å². The van der Waals surface area contributed by atoms with Crippen LogP contribution >= 0.6 is 0 Å². The second-order valence-electron chi connectivity index (χ2n) is 3.50. The summed E-state index contributed by atoms with van der Waals surface area (Å²) in [6, 6.07) is 0.220. The van der Waals surface area contributed by atoms with E-state index >= 15 is 0 Å². The monoisotopic (exact) mass is 189 g/mol. The number of unbranched alkanes of at least 4 members (excludes halogenated alkanes) is 1. The normalized spacial score (nSPS) is 13.6. The summed E-state index contributed by atoms with van der Waals surface area (Å²) in [5.74, 6) is 0. The SMILES string of the molecule is CCCCN(CCCO)C(C)CO. The van der Waals surface area contributed by atoms with Gasteiger partial charge >= 0.3 is 0 Å². The molecule has 0 aliphatic rings. The van der Waals surface area contributed by atoms with Crippen LogP contribution in [-0.2, 0) is 0 Å². The highest BCUT2D eigenvalue weighted by Gasteiger charge is 2.10. The molecule has 0 heterocycles. The first kappa shape index (κ1) is 12.9. The topological polar surface area (TPSA) is 43.7 Å². The highest BCUT2D eigenvalue weighted by Crippen LogP contribution is 2.02. The van der Waals surface area contributed by atoms with Crippen molar-refractivity contribution in [2.75, 3.05) is 26.3 Å². The molecule has 0 saturated heterocycles. The molecule has 0 aromatic heterocycles. The Morgan fingerprint density at radius 3 is 2.23 bits per heavy atom. The summed E-state index contributed by atoms with van der Waals surface area (Å²) in [5, 5.41) is 17.7. The lowest BCUT2D eigenvalue weighted by atomic mass is 10.2. The van der Waals surface area contributed by atoms with E-state index in [0.717, 1.165) is 25.9 Å². The number of hydrogen-bond donors (Lipinski definition) is 2. The Morgan fingerprint density at radius 2 is 1.77 bits per heavy atom. The molecule has 0 bridgehead atoms. The molecule has 0 rings (SSSR count). The average Bonchev–Trinajstić information content (AvgIpc) is 2.17. The second-order valence-corrected chi connectivity index (χ2v) is 3.50. The van der Waals surface area contributed by atoms with Crippen molar-refractivity contribution >= 4 is 0 Å². The van der Waals surface area contributed by atoms with Crippen molar-refractivity contribution in [3.8, 4) is 0 Å². The summed E-state index contributed by atoms with van der Waals surface area (Å²) in [6.07, 6.45) is 3.14. The second kappa shape index (κ2) is 8.48. The van der Waals surface area contributed by atoms with Gasteiger partial charge in [-0.3, -0.25) is 4.90 Å². The van der Waals surface area contributed by atoms with Crippen LogP contribution in [0.3, 0.4) is 0 Å². The maximum Gasteiger partial charge on any atom is 0.0584 e. The highest BCUT2D eigenvalue weighted by atomic mass is 16.3. The van der Waals surface area contributed by atoms with Crippen molar-refractivity contribution in [2.45, 2.75) is 39.2 Å². The Labute approximate surface area is 81.4 Å². The van der Waals surface area contributed by atoms with Gasteiger partial charge in [0.05, 0.1) is 6.61 Å². The minimum absolute atomic E-state index is 0.204. The van der Waals surface area contributed by atoms with E-state index in [1.54, 1.807) is 0 Å². The highest BCUT2D eigenvalue weighted by molar-refractivity contribution is 4.65. The van der Waals surface area contributed by atoms with Crippen LogP contribution < -0.4 is 0 Å². The van der Waals surface area contributed by atoms with Crippen molar-refractivity contribution in [3.05, 3.63) is 0 Å². The molecular formula is C10H23NO2. The number of aliphatic hydroxyl groups is 2. The van der Waals surface area contributed by atoms with Gasteiger partial charge in [0.2, 0.25) is 0 Å². The van der Waals surface area contributed by atoms with Gasteiger partial charge in [-0.25, -0.2) is 0 Å². The zero-order chi connectivity index (χ0) is 10.1. The maximum absolute atomic E-state index is 9.00. The zero-order valence-electron chi connectivity index (χ0n) is 8.87. The molecule has 0 fully saturated rings. The van der Waals surface area contributed by atoms with Crippen molar-refractivity contribution in [3.63, 3.8) is 0 Å². The molecule has 0 saturated carbocycles. The molecule has 1 unspecified atom stereocenters. The number of nitrogens with zero attached hydrogens (tertiary/aromatic N) is 1. The Balaban J connectivity index is 3.72. The van der Waals surface area contributed by atoms with Crippen molar-refractivity contribution in [2.24, 2.45) is 0 Å². The molecule has 13 heavy (non-hydrogen) atoms. The van der Waals surface area contributed by atoms with E-state index in [1.165, 1.54) is 6.42 Å². The lowest BCUT2D eigenvalue weighted by molar-refractivity contribution is 0.123. The molecule has 2 N–H and O–H groups in total. The number of aliphatic hydroxyl groups excluding tert-OH is 2. The van der Waals surface area contributed by atoms with Gasteiger partial charge in [0.15, 0.2) is 0 Å². The Kier molecular flexibility index (Phi) is 8.40. The van der Waals surface area contributed by atoms with Crippen LogP contribution in [0, 0.1) is 0 Å². The summed E-state index contributed by atoms with van der Waals surface area (Å²) in [6.45, 7) is 6.53. The van der Waals surface area contributed by atoms with Gasteiger partial charge < -0.3 is 10.2 Å². The van der Waals surface area contributed by atoms with Crippen molar-refractivity contribution < 1.29 is 10.2 Å². The summed E-state index contributed by atoms with van der Waals surface area (Å²) in [7, 11) is 0. The van der Waals surface area contributed by atoms with E-state index in [2.05, 4.69) is 11.8 Å². The Hall–Kier alpha value is -0.120. The maximum atomic E-state index is 9.00. The molecular weight excluding hydrogens is 166 g/mol. The third-order valence-electron chi connectivity index (χ3n) is 2.29. The number of hydrogen-bond acceptors (Lipinski definition) is 3. The molecule has 0 amide bonds. The largest absolute Gasteiger partial charge is 0.396 e. The summed E-state index contributed by atoms with van der Waals surface area (Å²) < 4.78 is 0. The smallest absolute Gasteiger partial charge is 0.0584 e. The lowest BCUT2D eigenvalue weighted by Crippen LogP contribution is -2.37. The van der Waals surface area contributed by atoms with Crippen molar-refractivity contribution in [1.82, 2.24) is 4.90 Å². The Morgan fingerprint density at radius 1 is 1.15 bits per heavy atom. The van der Waals surface area contributed by atoms with E-state index in [0.29, 0.717) is 0 Å². The van der Waals surface area contributed by atoms with E-state index in [1.807, 2.05) is 6.92 Å². The fraction of sp³-hybridized carbons (Fsp3) is 1.00. The van der Waals surface area contributed by atoms with Gasteiger partial charge in [-0.05, 0) is 26.3 Å². The van der Waals surface area contributed by atoms with Gasteiger partial charge in [0, 0.05) is 19.2 Å². The van der Waals surface area contributed by atoms with Crippen LogP contribution in [0.1, 0.15) is 33.1 Å². The minimum atomic E-state index is 0.204. The molecule has 0 aromatic rings. The standard InChI is InChI=1S/C10H23NO2/c1-3-4-6-11(7-5-8-12)10(2)9-13/h10,12-13H,3-9H2,1-2H3. The van der Waals surface area contributed by atoms with Crippen LogP contribution in [0.15, 0.2) is 0 Å². The van der Waals surface area contributed by atoms with Gasteiger partial charge in [0.25, 0.3) is 0 Å². The molecule has 0 aliphatic carbocycles. The number of rotatable bonds is 8. The summed E-state index contributed by atoms with van der Waals surface area (Å²) in [4.78, 5) is 2.24. The van der Waals surface area contributed by atoms with Crippen LogP contribution in [0.2, 0.25) is 0 Å². The van der Waals surface area contributed by atoms with Gasteiger partial charge in [-0.1, -0.05) is 13.3 Å². The first-order valence-electron chi connectivity index (χ1n) is 5.22.